The fraction of sp³-hybridized carbons (Fsp3) is 0.455. The Hall–Kier alpha value is -1.38. The quantitative estimate of drug-likeness (QED) is 0.795. The number of amides is 1. The second kappa shape index (κ2) is 4.74. The number of carbonyl (C=O) groups excluding carboxylic acids is 1. The summed E-state index contributed by atoms with van der Waals surface area (Å²) in [5, 5.41) is 2.89. The van der Waals surface area contributed by atoms with E-state index in [1.807, 2.05) is 39.0 Å². The molecule has 1 amide bonds. The van der Waals surface area contributed by atoms with E-state index in [-0.39, 0.29) is 17.9 Å². The molecule has 1 heterocycles. The topological polar surface area (TPSA) is 42.0 Å². The van der Waals surface area contributed by atoms with Gasteiger partial charge in [-0.1, -0.05) is 19.9 Å². The molecule has 1 N–H and O–H groups in total. The highest BCUT2D eigenvalue weighted by atomic mass is 16.1. The third-order valence-corrected chi connectivity index (χ3v) is 2.01. The van der Waals surface area contributed by atoms with Gasteiger partial charge in [0, 0.05) is 12.1 Å². The highest BCUT2D eigenvalue weighted by Crippen LogP contribution is 2.08. The van der Waals surface area contributed by atoms with Gasteiger partial charge >= 0.3 is 0 Å². The van der Waals surface area contributed by atoms with E-state index in [1.54, 1.807) is 6.20 Å². The zero-order valence-electron chi connectivity index (χ0n) is 8.82. The van der Waals surface area contributed by atoms with Crippen LogP contribution in [0.1, 0.15) is 32.5 Å². The molecule has 1 rings (SSSR count). The summed E-state index contributed by atoms with van der Waals surface area (Å²) in [6.07, 6.45) is 1.73. The summed E-state index contributed by atoms with van der Waals surface area (Å²) in [4.78, 5) is 15.6. The number of pyridine rings is 1. The van der Waals surface area contributed by atoms with Crippen LogP contribution in [0.3, 0.4) is 0 Å². The molecule has 0 saturated heterocycles. The minimum atomic E-state index is -0.0221. The summed E-state index contributed by atoms with van der Waals surface area (Å²) >= 11 is 0. The van der Waals surface area contributed by atoms with E-state index in [0.29, 0.717) is 0 Å². The second-order valence-electron chi connectivity index (χ2n) is 3.64. The van der Waals surface area contributed by atoms with Gasteiger partial charge in [-0.3, -0.25) is 9.78 Å². The summed E-state index contributed by atoms with van der Waals surface area (Å²) < 4.78 is 0. The molecule has 0 aliphatic rings. The van der Waals surface area contributed by atoms with Crippen LogP contribution in [0, 0.1) is 5.92 Å². The summed E-state index contributed by atoms with van der Waals surface area (Å²) in [6.45, 7) is 5.68. The van der Waals surface area contributed by atoms with E-state index in [9.17, 15) is 4.79 Å². The van der Waals surface area contributed by atoms with Crippen LogP contribution < -0.4 is 5.32 Å². The molecule has 0 aliphatic carbocycles. The van der Waals surface area contributed by atoms with Gasteiger partial charge < -0.3 is 5.32 Å². The first-order chi connectivity index (χ1) is 6.61. The van der Waals surface area contributed by atoms with Gasteiger partial charge in [0.15, 0.2) is 0 Å². The third-order valence-electron chi connectivity index (χ3n) is 2.01. The maximum atomic E-state index is 11.4. The summed E-state index contributed by atoms with van der Waals surface area (Å²) in [6, 6.07) is 5.66. The average Bonchev–Trinajstić information content (AvgIpc) is 2.19. The standard InChI is InChI=1S/C11H16N2O/c1-8(2)11(14)13-9(3)10-6-4-5-7-12-10/h4-9H,1-3H3,(H,13,14). The predicted molar refractivity (Wildman–Crippen MR) is 55.6 cm³/mol. The average molecular weight is 192 g/mol. The van der Waals surface area contributed by atoms with Crippen molar-refractivity contribution in [1.29, 1.82) is 0 Å². The zero-order chi connectivity index (χ0) is 10.6. The summed E-state index contributed by atoms with van der Waals surface area (Å²) in [5.41, 5.74) is 0.890. The van der Waals surface area contributed by atoms with Gasteiger partial charge in [-0.15, -0.1) is 0 Å². The van der Waals surface area contributed by atoms with Crippen molar-refractivity contribution in [2.45, 2.75) is 26.8 Å². The Kier molecular flexibility index (Phi) is 3.63. The molecule has 76 valence electrons. The Morgan fingerprint density at radius 3 is 2.57 bits per heavy atom. The highest BCUT2D eigenvalue weighted by molar-refractivity contribution is 5.78. The van der Waals surface area contributed by atoms with Crippen molar-refractivity contribution in [2.24, 2.45) is 5.92 Å². The van der Waals surface area contributed by atoms with Gasteiger partial charge in [0.1, 0.15) is 0 Å². The van der Waals surface area contributed by atoms with Crippen LogP contribution in [-0.4, -0.2) is 10.9 Å². The molecule has 0 aliphatic heterocycles. The molecule has 0 bridgehead atoms. The maximum absolute atomic E-state index is 11.4. The molecule has 3 heteroatoms. The van der Waals surface area contributed by atoms with Crippen LogP contribution in [0.15, 0.2) is 24.4 Å². The largest absolute Gasteiger partial charge is 0.348 e. The second-order valence-corrected chi connectivity index (χ2v) is 3.64. The van der Waals surface area contributed by atoms with Gasteiger partial charge in [0.05, 0.1) is 11.7 Å². The predicted octanol–water partition coefficient (Wildman–Crippen LogP) is 1.91. The number of rotatable bonds is 3. The number of nitrogens with one attached hydrogen (secondary N) is 1. The molecule has 0 spiro atoms. The minimum Gasteiger partial charge on any atom is -0.348 e. The normalized spacial score (nSPS) is 12.6. The van der Waals surface area contributed by atoms with Crippen molar-refractivity contribution < 1.29 is 4.79 Å². The van der Waals surface area contributed by atoms with Crippen molar-refractivity contribution in [2.75, 3.05) is 0 Å². The maximum Gasteiger partial charge on any atom is 0.223 e. The Bertz CT molecular complexity index is 295. The summed E-state index contributed by atoms with van der Waals surface area (Å²) in [7, 11) is 0. The van der Waals surface area contributed by atoms with E-state index in [0.717, 1.165) is 5.69 Å². The first kappa shape index (κ1) is 10.7. The van der Waals surface area contributed by atoms with Crippen molar-refractivity contribution in [3.63, 3.8) is 0 Å². The Labute approximate surface area is 84.6 Å². The smallest absolute Gasteiger partial charge is 0.223 e. The first-order valence-corrected chi connectivity index (χ1v) is 4.82. The van der Waals surface area contributed by atoms with E-state index in [1.165, 1.54) is 0 Å². The van der Waals surface area contributed by atoms with Gasteiger partial charge in [-0.2, -0.15) is 0 Å². The Morgan fingerprint density at radius 1 is 1.36 bits per heavy atom. The molecular weight excluding hydrogens is 176 g/mol. The molecule has 1 aromatic heterocycles. The van der Waals surface area contributed by atoms with E-state index in [4.69, 9.17) is 0 Å². The van der Waals surface area contributed by atoms with Crippen molar-refractivity contribution in [3.05, 3.63) is 30.1 Å². The van der Waals surface area contributed by atoms with Gasteiger partial charge in [0.25, 0.3) is 0 Å². The fourth-order valence-corrected chi connectivity index (χ4v) is 1.09. The number of hydrogen-bond acceptors (Lipinski definition) is 2. The van der Waals surface area contributed by atoms with Crippen LogP contribution in [-0.2, 0) is 4.79 Å². The number of aromatic nitrogens is 1. The zero-order valence-corrected chi connectivity index (χ0v) is 8.82. The monoisotopic (exact) mass is 192 g/mol. The lowest BCUT2D eigenvalue weighted by atomic mass is 10.1. The lowest BCUT2D eigenvalue weighted by Crippen LogP contribution is -2.30. The highest BCUT2D eigenvalue weighted by Gasteiger charge is 2.12. The van der Waals surface area contributed by atoms with Crippen LogP contribution in [0.4, 0.5) is 0 Å². The molecule has 0 radical (unpaired) electrons. The molecule has 3 nitrogen and oxygen atoms in total. The van der Waals surface area contributed by atoms with Crippen LogP contribution in [0.25, 0.3) is 0 Å². The Morgan fingerprint density at radius 2 is 2.07 bits per heavy atom. The number of nitrogens with zero attached hydrogens (tertiary/aromatic N) is 1. The van der Waals surface area contributed by atoms with Crippen LogP contribution >= 0.6 is 0 Å². The molecule has 0 fully saturated rings. The molecule has 14 heavy (non-hydrogen) atoms. The molecule has 1 aromatic rings. The minimum absolute atomic E-state index is 0.0150. The molecular formula is C11H16N2O. The van der Waals surface area contributed by atoms with E-state index < -0.39 is 0 Å². The molecule has 1 unspecified atom stereocenters. The van der Waals surface area contributed by atoms with Gasteiger partial charge in [-0.25, -0.2) is 0 Å². The van der Waals surface area contributed by atoms with Gasteiger partial charge in [0.2, 0.25) is 5.91 Å². The molecule has 1 atom stereocenters. The SMILES string of the molecule is CC(C)C(=O)NC(C)c1ccccn1. The molecule has 0 saturated carbocycles. The van der Waals surface area contributed by atoms with Crippen LogP contribution in [0.2, 0.25) is 0 Å². The first-order valence-electron chi connectivity index (χ1n) is 4.82. The summed E-state index contributed by atoms with van der Waals surface area (Å²) in [5.74, 6) is 0.0734. The lowest BCUT2D eigenvalue weighted by molar-refractivity contribution is -0.124. The number of carbonyl (C=O) groups is 1. The lowest BCUT2D eigenvalue weighted by Gasteiger charge is -2.14. The number of hydrogen-bond donors (Lipinski definition) is 1. The van der Waals surface area contributed by atoms with E-state index >= 15 is 0 Å². The van der Waals surface area contributed by atoms with Crippen molar-refractivity contribution in [1.82, 2.24) is 10.3 Å². The van der Waals surface area contributed by atoms with E-state index in [2.05, 4.69) is 10.3 Å². The van der Waals surface area contributed by atoms with Gasteiger partial charge in [-0.05, 0) is 19.1 Å². The fourth-order valence-electron chi connectivity index (χ4n) is 1.09. The van der Waals surface area contributed by atoms with Crippen molar-refractivity contribution >= 4 is 5.91 Å². The third kappa shape index (κ3) is 2.83. The van der Waals surface area contributed by atoms with Crippen molar-refractivity contribution in [3.8, 4) is 0 Å². The van der Waals surface area contributed by atoms with Crippen LogP contribution in [0.5, 0.6) is 0 Å². The molecule has 0 aromatic carbocycles. The Balaban J connectivity index is 2.59.